The molecule has 1 aromatic rings. The van der Waals surface area contributed by atoms with E-state index >= 15 is 0 Å². The lowest BCUT2D eigenvalue weighted by molar-refractivity contribution is -0.384. The van der Waals surface area contributed by atoms with Gasteiger partial charge in [0.1, 0.15) is 5.69 Å². The highest BCUT2D eigenvalue weighted by Crippen LogP contribution is 2.32. The van der Waals surface area contributed by atoms with Crippen molar-refractivity contribution in [2.45, 2.75) is 32.4 Å². The van der Waals surface area contributed by atoms with Crippen LogP contribution in [0.15, 0.2) is 18.2 Å². The van der Waals surface area contributed by atoms with Crippen LogP contribution in [0.4, 0.5) is 11.4 Å². The molecular weight excluding hydrogens is 270 g/mol. The second kappa shape index (κ2) is 6.41. The van der Waals surface area contributed by atoms with Crippen LogP contribution in [-0.4, -0.2) is 47.7 Å². The fourth-order valence-corrected chi connectivity index (χ4v) is 2.82. The molecule has 2 atom stereocenters. The smallest absolute Gasteiger partial charge is 0.292 e. The molecule has 0 saturated carbocycles. The normalized spacial score (nSPS) is 21.3. The fraction of sp³-hybridized carbons (Fsp3) is 0.600. The SMILES string of the molecule is CCC1CN(c2ccc([C@H](C)O)cc2[N+](=O)[O-])CCN1C. The van der Waals surface area contributed by atoms with Crippen molar-refractivity contribution in [1.82, 2.24) is 4.90 Å². The summed E-state index contributed by atoms with van der Waals surface area (Å²) in [6.45, 7) is 6.22. The number of nitrogens with zero attached hydrogens (tertiary/aromatic N) is 3. The van der Waals surface area contributed by atoms with Gasteiger partial charge in [0.15, 0.2) is 0 Å². The monoisotopic (exact) mass is 293 g/mol. The van der Waals surface area contributed by atoms with Crippen LogP contribution in [0.3, 0.4) is 0 Å². The largest absolute Gasteiger partial charge is 0.389 e. The first-order valence-corrected chi connectivity index (χ1v) is 7.35. The first-order valence-electron chi connectivity index (χ1n) is 7.35. The number of nitro groups is 1. The summed E-state index contributed by atoms with van der Waals surface area (Å²) in [6, 6.07) is 5.43. The third kappa shape index (κ3) is 3.33. The molecule has 1 saturated heterocycles. The molecule has 1 aromatic carbocycles. The van der Waals surface area contributed by atoms with Gasteiger partial charge in [0, 0.05) is 31.7 Å². The number of benzene rings is 1. The molecule has 0 aliphatic carbocycles. The van der Waals surface area contributed by atoms with Gasteiger partial charge in [-0.15, -0.1) is 0 Å². The Morgan fingerprint density at radius 2 is 2.19 bits per heavy atom. The summed E-state index contributed by atoms with van der Waals surface area (Å²) in [5.41, 5.74) is 1.30. The van der Waals surface area contributed by atoms with Crippen molar-refractivity contribution in [3.63, 3.8) is 0 Å². The summed E-state index contributed by atoms with van der Waals surface area (Å²) >= 11 is 0. The van der Waals surface area contributed by atoms with Gasteiger partial charge in [0.05, 0.1) is 11.0 Å². The minimum Gasteiger partial charge on any atom is -0.389 e. The van der Waals surface area contributed by atoms with E-state index in [4.69, 9.17) is 0 Å². The van der Waals surface area contributed by atoms with Crippen molar-refractivity contribution < 1.29 is 10.0 Å². The number of aliphatic hydroxyl groups excluding tert-OH is 1. The van der Waals surface area contributed by atoms with Crippen LogP contribution < -0.4 is 4.90 Å². The maximum atomic E-state index is 11.3. The molecule has 0 spiro atoms. The van der Waals surface area contributed by atoms with Gasteiger partial charge < -0.3 is 10.0 Å². The maximum Gasteiger partial charge on any atom is 0.292 e. The lowest BCUT2D eigenvalue weighted by atomic mass is 10.1. The molecule has 0 aromatic heterocycles. The lowest BCUT2D eigenvalue weighted by Crippen LogP contribution is -2.51. The van der Waals surface area contributed by atoms with E-state index in [1.165, 1.54) is 6.07 Å². The molecule has 2 rings (SSSR count). The molecule has 1 N–H and O–H groups in total. The van der Waals surface area contributed by atoms with Crippen molar-refractivity contribution in [1.29, 1.82) is 0 Å². The predicted molar refractivity (Wildman–Crippen MR) is 82.7 cm³/mol. The molecule has 1 aliphatic rings. The van der Waals surface area contributed by atoms with Crippen LogP contribution in [0.2, 0.25) is 0 Å². The van der Waals surface area contributed by atoms with Crippen LogP contribution in [0.1, 0.15) is 31.9 Å². The van der Waals surface area contributed by atoms with Crippen LogP contribution in [-0.2, 0) is 0 Å². The van der Waals surface area contributed by atoms with Crippen LogP contribution in [0, 0.1) is 10.1 Å². The van der Waals surface area contributed by atoms with Gasteiger partial charge in [-0.2, -0.15) is 0 Å². The van der Waals surface area contributed by atoms with E-state index < -0.39 is 6.10 Å². The average molecular weight is 293 g/mol. The average Bonchev–Trinajstić information content (AvgIpc) is 2.47. The van der Waals surface area contributed by atoms with E-state index in [0.717, 1.165) is 26.1 Å². The Balaban J connectivity index is 2.32. The number of likely N-dealkylation sites (N-methyl/N-ethyl adjacent to an activating group) is 1. The Kier molecular flexibility index (Phi) is 4.80. The van der Waals surface area contributed by atoms with E-state index in [0.29, 0.717) is 17.3 Å². The fourth-order valence-electron chi connectivity index (χ4n) is 2.82. The van der Waals surface area contributed by atoms with E-state index in [-0.39, 0.29) is 10.6 Å². The van der Waals surface area contributed by atoms with Crippen LogP contribution in [0.5, 0.6) is 0 Å². The minimum atomic E-state index is -0.700. The van der Waals surface area contributed by atoms with Gasteiger partial charge >= 0.3 is 0 Å². The summed E-state index contributed by atoms with van der Waals surface area (Å²) in [6.07, 6.45) is 0.320. The number of anilines is 1. The van der Waals surface area contributed by atoms with E-state index in [9.17, 15) is 15.2 Å². The molecular formula is C15H23N3O3. The highest BCUT2D eigenvalue weighted by atomic mass is 16.6. The Bertz CT molecular complexity index is 519. The van der Waals surface area contributed by atoms with Crippen LogP contribution >= 0.6 is 0 Å². The molecule has 0 bridgehead atoms. The molecule has 0 radical (unpaired) electrons. The van der Waals surface area contributed by atoms with Crippen molar-refractivity contribution in [2.24, 2.45) is 0 Å². The second-order valence-corrected chi connectivity index (χ2v) is 5.67. The van der Waals surface area contributed by atoms with Gasteiger partial charge in [0.25, 0.3) is 5.69 Å². The van der Waals surface area contributed by atoms with Crippen molar-refractivity contribution in [2.75, 3.05) is 31.6 Å². The number of hydrogen-bond donors (Lipinski definition) is 1. The Morgan fingerprint density at radius 1 is 1.48 bits per heavy atom. The number of rotatable bonds is 4. The van der Waals surface area contributed by atoms with Gasteiger partial charge in [-0.3, -0.25) is 15.0 Å². The zero-order chi connectivity index (χ0) is 15.6. The maximum absolute atomic E-state index is 11.3. The molecule has 1 fully saturated rings. The summed E-state index contributed by atoms with van der Waals surface area (Å²) in [4.78, 5) is 15.4. The number of aliphatic hydroxyl groups is 1. The van der Waals surface area contributed by atoms with E-state index in [2.05, 4.69) is 23.8 Å². The van der Waals surface area contributed by atoms with Crippen molar-refractivity contribution in [3.8, 4) is 0 Å². The number of piperazine rings is 1. The van der Waals surface area contributed by atoms with E-state index in [1.54, 1.807) is 19.1 Å². The summed E-state index contributed by atoms with van der Waals surface area (Å²) < 4.78 is 0. The second-order valence-electron chi connectivity index (χ2n) is 5.67. The lowest BCUT2D eigenvalue weighted by Gasteiger charge is -2.40. The van der Waals surface area contributed by atoms with Crippen molar-refractivity contribution in [3.05, 3.63) is 33.9 Å². The summed E-state index contributed by atoms with van der Waals surface area (Å²) in [7, 11) is 2.09. The highest BCUT2D eigenvalue weighted by Gasteiger charge is 2.27. The quantitative estimate of drug-likeness (QED) is 0.680. The molecule has 0 amide bonds. The van der Waals surface area contributed by atoms with Gasteiger partial charge in [-0.05, 0) is 32.0 Å². The number of nitro benzene ring substituents is 1. The first kappa shape index (κ1) is 15.7. The van der Waals surface area contributed by atoms with Crippen LogP contribution in [0.25, 0.3) is 0 Å². The summed E-state index contributed by atoms with van der Waals surface area (Å²) in [5, 5.41) is 20.9. The predicted octanol–water partition coefficient (Wildman–Crippen LogP) is 2.18. The molecule has 21 heavy (non-hydrogen) atoms. The number of hydrogen-bond acceptors (Lipinski definition) is 5. The summed E-state index contributed by atoms with van der Waals surface area (Å²) in [5.74, 6) is 0. The molecule has 6 heteroatoms. The topological polar surface area (TPSA) is 69.8 Å². The Morgan fingerprint density at radius 3 is 2.76 bits per heavy atom. The zero-order valence-corrected chi connectivity index (χ0v) is 12.8. The van der Waals surface area contributed by atoms with E-state index in [1.807, 2.05) is 0 Å². The minimum absolute atomic E-state index is 0.0767. The van der Waals surface area contributed by atoms with Gasteiger partial charge in [0.2, 0.25) is 0 Å². The van der Waals surface area contributed by atoms with Gasteiger partial charge in [-0.25, -0.2) is 0 Å². The standard InChI is InChI=1S/C15H23N3O3/c1-4-13-10-17(8-7-16(13)3)14-6-5-12(11(2)19)9-15(14)18(20)21/h5-6,9,11,13,19H,4,7-8,10H2,1-3H3/t11-,13?/m0/s1. The molecule has 116 valence electrons. The molecule has 1 aliphatic heterocycles. The molecule has 1 unspecified atom stereocenters. The highest BCUT2D eigenvalue weighted by molar-refractivity contribution is 5.65. The third-order valence-electron chi connectivity index (χ3n) is 4.27. The molecule has 6 nitrogen and oxygen atoms in total. The molecule has 1 heterocycles. The van der Waals surface area contributed by atoms with Crippen molar-refractivity contribution >= 4 is 11.4 Å². The third-order valence-corrected chi connectivity index (χ3v) is 4.27. The Hall–Kier alpha value is -1.66. The first-order chi connectivity index (χ1) is 9.93. The zero-order valence-electron chi connectivity index (χ0n) is 12.8. The Labute approximate surface area is 125 Å². The van der Waals surface area contributed by atoms with Gasteiger partial charge in [-0.1, -0.05) is 13.0 Å².